The van der Waals surface area contributed by atoms with E-state index in [1.165, 1.54) is 11.3 Å². The number of aromatic nitrogens is 1. The van der Waals surface area contributed by atoms with Crippen LogP contribution in [0.25, 0.3) is 0 Å². The van der Waals surface area contributed by atoms with E-state index in [-0.39, 0.29) is 6.61 Å². The first-order chi connectivity index (χ1) is 8.14. The zero-order valence-electron chi connectivity index (χ0n) is 9.35. The number of halogens is 1. The molecule has 0 saturated carbocycles. The molecule has 2 aromatic rings. The van der Waals surface area contributed by atoms with Crippen LogP contribution in [0.2, 0.25) is 5.02 Å². The average molecular weight is 269 g/mol. The SMILES string of the molecule is CC(CO)(Nc1ccc(Cl)cc1)c1nccs1. The summed E-state index contributed by atoms with van der Waals surface area (Å²) >= 11 is 7.35. The number of thiazole rings is 1. The summed E-state index contributed by atoms with van der Waals surface area (Å²) in [4.78, 5) is 4.24. The van der Waals surface area contributed by atoms with E-state index in [2.05, 4.69) is 10.3 Å². The van der Waals surface area contributed by atoms with E-state index in [0.717, 1.165) is 10.7 Å². The maximum absolute atomic E-state index is 9.55. The molecular weight excluding hydrogens is 256 g/mol. The number of aliphatic hydroxyl groups is 1. The molecule has 1 unspecified atom stereocenters. The van der Waals surface area contributed by atoms with E-state index in [9.17, 15) is 5.11 Å². The van der Waals surface area contributed by atoms with Crippen molar-refractivity contribution in [2.24, 2.45) is 0 Å². The molecule has 1 atom stereocenters. The first kappa shape index (κ1) is 12.4. The standard InChI is InChI=1S/C12H13ClN2OS/c1-12(8-16,11-14-6-7-17-11)15-10-4-2-9(13)3-5-10/h2-7,15-16H,8H2,1H3. The smallest absolute Gasteiger partial charge is 0.120 e. The number of benzene rings is 1. The highest BCUT2D eigenvalue weighted by Crippen LogP contribution is 2.27. The summed E-state index contributed by atoms with van der Waals surface area (Å²) in [6.45, 7) is 1.89. The molecular formula is C12H13ClN2OS. The maximum atomic E-state index is 9.55. The maximum Gasteiger partial charge on any atom is 0.120 e. The Morgan fingerprint density at radius 2 is 2.12 bits per heavy atom. The van der Waals surface area contributed by atoms with Crippen molar-refractivity contribution in [2.75, 3.05) is 11.9 Å². The number of rotatable bonds is 4. The summed E-state index contributed by atoms with van der Waals surface area (Å²) < 4.78 is 0. The second kappa shape index (κ2) is 5.04. The lowest BCUT2D eigenvalue weighted by atomic mass is 10.0. The number of nitrogens with one attached hydrogen (secondary N) is 1. The molecule has 0 radical (unpaired) electrons. The van der Waals surface area contributed by atoms with E-state index >= 15 is 0 Å². The largest absolute Gasteiger partial charge is 0.393 e. The molecule has 0 amide bonds. The fourth-order valence-electron chi connectivity index (χ4n) is 1.51. The molecule has 0 fully saturated rings. The molecule has 1 heterocycles. The average Bonchev–Trinajstić information content (AvgIpc) is 2.86. The molecule has 0 aliphatic rings. The van der Waals surface area contributed by atoms with Crippen LogP contribution in [-0.4, -0.2) is 16.7 Å². The molecule has 0 spiro atoms. The molecule has 0 aliphatic heterocycles. The van der Waals surface area contributed by atoms with E-state index in [1.54, 1.807) is 6.20 Å². The van der Waals surface area contributed by atoms with Crippen molar-refractivity contribution < 1.29 is 5.11 Å². The second-order valence-corrected chi connectivity index (χ2v) is 5.29. The van der Waals surface area contributed by atoms with Gasteiger partial charge in [0.25, 0.3) is 0 Å². The highest BCUT2D eigenvalue weighted by atomic mass is 35.5. The van der Waals surface area contributed by atoms with Gasteiger partial charge in [0, 0.05) is 22.3 Å². The highest BCUT2D eigenvalue weighted by Gasteiger charge is 2.28. The summed E-state index contributed by atoms with van der Waals surface area (Å²) in [5, 5.41) is 16.3. The van der Waals surface area contributed by atoms with Crippen molar-refractivity contribution in [1.82, 2.24) is 4.98 Å². The number of hydrogen-bond donors (Lipinski definition) is 2. The molecule has 0 bridgehead atoms. The number of nitrogens with zero attached hydrogens (tertiary/aromatic N) is 1. The minimum absolute atomic E-state index is 0.0247. The van der Waals surface area contributed by atoms with Crippen molar-refractivity contribution in [3.8, 4) is 0 Å². The van der Waals surface area contributed by atoms with E-state index in [1.807, 2.05) is 36.6 Å². The van der Waals surface area contributed by atoms with E-state index < -0.39 is 5.54 Å². The number of hydrogen-bond acceptors (Lipinski definition) is 4. The quantitative estimate of drug-likeness (QED) is 0.896. The molecule has 5 heteroatoms. The Bertz CT molecular complexity index is 472. The first-order valence-electron chi connectivity index (χ1n) is 5.19. The Morgan fingerprint density at radius 1 is 1.41 bits per heavy atom. The summed E-state index contributed by atoms with van der Waals surface area (Å²) in [6, 6.07) is 7.38. The fraction of sp³-hybridized carbons (Fsp3) is 0.250. The van der Waals surface area contributed by atoms with Gasteiger partial charge >= 0.3 is 0 Å². The van der Waals surface area contributed by atoms with Gasteiger partial charge in [-0.1, -0.05) is 11.6 Å². The first-order valence-corrected chi connectivity index (χ1v) is 6.44. The van der Waals surface area contributed by atoms with Gasteiger partial charge in [0.1, 0.15) is 10.5 Å². The van der Waals surface area contributed by atoms with Crippen molar-refractivity contribution >= 4 is 28.6 Å². The molecule has 1 aromatic carbocycles. The van der Waals surface area contributed by atoms with Gasteiger partial charge in [-0.3, -0.25) is 0 Å². The third kappa shape index (κ3) is 2.77. The molecule has 3 nitrogen and oxygen atoms in total. The molecule has 1 aromatic heterocycles. The lowest BCUT2D eigenvalue weighted by Crippen LogP contribution is -2.35. The van der Waals surface area contributed by atoms with Crippen LogP contribution in [0.15, 0.2) is 35.8 Å². The zero-order chi connectivity index (χ0) is 12.3. The van der Waals surface area contributed by atoms with Crippen LogP contribution < -0.4 is 5.32 Å². The lowest BCUT2D eigenvalue weighted by Gasteiger charge is -2.27. The van der Waals surface area contributed by atoms with Gasteiger partial charge < -0.3 is 10.4 Å². The summed E-state index contributed by atoms with van der Waals surface area (Å²) in [5.74, 6) is 0. The second-order valence-electron chi connectivity index (χ2n) is 3.96. The van der Waals surface area contributed by atoms with Crippen LogP contribution in [0.4, 0.5) is 5.69 Å². The van der Waals surface area contributed by atoms with Crippen LogP contribution in [0.3, 0.4) is 0 Å². The zero-order valence-corrected chi connectivity index (χ0v) is 10.9. The Morgan fingerprint density at radius 3 is 2.65 bits per heavy atom. The van der Waals surface area contributed by atoms with Gasteiger partial charge in [-0.25, -0.2) is 4.98 Å². The summed E-state index contributed by atoms with van der Waals surface area (Å²) in [6.07, 6.45) is 1.73. The van der Waals surface area contributed by atoms with Crippen molar-refractivity contribution in [3.63, 3.8) is 0 Å². The van der Waals surface area contributed by atoms with Gasteiger partial charge in [-0.05, 0) is 31.2 Å². The van der Waals surface area contributed by atoms with Gasteiger partial charge in [-0.2, -0.15) is 0 Å². The third-order valence-electron chi connectivity index (χ3n) is 2.49. The minimum Gasteiger partial charge on any atom is -0.393 e. The van der Waals surface area contributed by atoms with Crippen LogP contribution in [0.1, 0.15) is 11.9 Å². The van der Waals surface area contributed by atoms with E-state index in [0.29, 0.717) is 5.02 Å². The van der Waals surface area contributed by atoms with Gasteiger partial charge in [0.15, 0.2) is 0 Å². The van der Waals surface area contributed by atoms with Crippen molar-refractivity contribution in [2.45, 2.75) is 12.5 Å². The van der Waals surface area contributed by atoms with Crippen LogP contribution in [0, 0.1) is 0 Å². The third-order valence-corrected chi connectivity index (χ3v) is 3.77. The lowest BCUT2D eigenvalue weighted by molar-refractivity contribution is 0.223. The minimum atomic E-state index is -0.567. The Labute approximate surface area is 109 Å². The van der Waals surface area contributed by atoms with Crippen LogP contribution in [0.5, 0.6) is 0 Å². The van der Waals surface area contributed by atoms with Crippen LogP contribution in [-0.2, 0) is 5.54 Å². The molecule has 0 saturated heterocycles. The molecule has 17 heavy (non-hydrogen) atoms. The predicted molar refractivity (Wildman–Crippen MR) is 71.6 cm³/mol. The Hall–Kier alpha value is -1.10. The summed E-state index contributed by atoms with van der Waals surface area (Å²) in [5.41, 5.74) is 0.336. The normalized spacial score (nSPS) is 14.3. The van der Waals surface area contributed by atoms with Crippen molar-refractivity contribution in [3.05, 3.63) is 45.9 Å². The molecule has 90 valence electrons. The molecule has 0 aliphatic carbocycles. The molecule has 2 rings (SSSR count). The van der Waals surface area contributed by atoms with E-state index in [4.69, 9.17) is 11.6 Å². The van der Waals surface area contributed by atoms with Gasteiger partial charge in [-0.15, -0.1) is 11.3 Å². The molecule has 2 N–H and O–H groups in total. The topological polar surface area (TPSA) is 45.1 Å². The van der Waals surface area contributed by atoms with Crippen molar-refractivity contribution in [1.29, 1.82) is 0 Å². The van der Waals surface area contributed by atoms with Gasteiger partial charge in [0.05, 0.1) is 6.61 Å². The highest BCUT2D eigenvalue weighted by molar-refractivity contribution is 7.09. The predicted octanol–water partition coefficient (Wildman–Crippen LogP) is 3.12. The number of anilines is 1. The monoisotopic (exact) mass is 268 g/mol. The number of aliphatic hydroxyl groups excluding tert-OH is 1. The Kier molecular flexibility index (Phi) is 3.66. The van der Waals surface area contributed by atoms with Crippen LogP contribution >= 0.6 is 22.9 Å². The Balaban J connectivity index is 2.23. The van der Waals surface area contributed by atoms with Gasteiger partial charge in [0.2, 0.25) is 0 Å². The fourth-order valence-corrected chi connectivity index (χ4v) is 2.38. The summed E-state index contributed by atoms with van der Waals surface area (Å²) in [7, 11) is 0.